The van der Waals surface area contributed by atoms with E-state index in [4.69, 9.17) is 9.53 Å². The fourth-order valence-electron chi connectivity index (χ4n) is 2.85. The Hall–Kier alpha value is -1.34. The van der Waals surface area contributed by atoms with Gasteiger partial charge in [0.2, 0.25) is 0 Å². The summed E-state index contributed by atoms with van der Waals surface area (Å²) in [5.74, 6) is -0.932. The standard InChI is InChI=1S/C13H19NO5.CCl2O/c1-2-18-10(15)8-14-11(12(16)19-13(14)17)9-6-4-3-5-7-9;2-1(3)4/h9,11H,2-8H2,1H3;/t11-;/m1./s1. The van der Waals surface area contributed by atoms with Gasteiger partial charge >= 0.3 is 22.7 Å². The number of amides is 1. The number of esters is 2. The number of nitrogens with zero attached hydrogens (tertiary/aromatic N) is 1. The normalized spacial score (nSPS) is 21.3. The zero-order chi connectivity index (χ0) is 17.4. The molecule has 0 aromatic heterocycles. The van der Waals surface area contributed by atoms with Crippen molar-refractivity contribution >= 4 is 45.9 Å². The van der Waals surface area contributed by atoms with Gasteiger partial charge in [0.05, 0.1) is 6.61 Å². The summed E-state index contributed by atoms with van der Waals surface area (Å²) >= 11 is 8.80. The van der Waals surface area contributed by atoms with Gasteiger partial charge in [0.1, 0.15) is 12.6 Å². The summed E-state index contributed by atoms with van der Waals surface area (Å²) in [5, 5.41) is 0. The zero-order valence-corrected chi connectivity index (χ0v) is 14.3. The third kappa shape index (κ3) is 6.35. The summed E-state index contributed by atoms with van der Waals surface area (Å²) in [6, 6.07) is -0.614. The third-order valence-corrected chi connectivity index (χ3v) is 3.70. The highest BCUT2D eigenvalue weighted by atomic mass is 35.5. The molecular formula is C14H19Cl2NO6. The van der Waals surface area contributed by atoms with Gasteiger partial charge in [-0.15, -0.1) is 0 Å². The van der Waals surface area contributed by atoms with Crippen molar-refractivity contribution in [2.24, 2.45) is 5.92 Å². The van der Waals surface area contributed by atoms with Crippen LogP contribution < -0.4 is 0 Å². The van der Waals surface area contributed by atoms with Crippen LogP contribution >= 0.6 is 23.2 Å². The van der Waals surface area contributed by atoms with Crippen molar-refractivity contribution in [3.63, 3.8) is 0 Å². The second-order valence-corrected chi connectivity index (χ2v) is 6.07. The van der Waals surface area contributed by atoms with Crippen LogP contribution in [0, 0.1) is 5.92 Å². The Morgan fingerprint density at radius 3 is 2.30 bits per heavy atom. The Morgan fingerprint density at radius 1 is 1.22 bits per heavy atom. The molecule has 0 aromatic carbocycles. The topological polar surface area (TPSA) is 90.0 Å². The molecule has 1 saturated heterocycles. The lowest BCUT2D eigenvalue weighted by Gasteiger charge is -2.29. The van der Waals surface area contributed by atoms with Gasteiger partial charge in [-0.05, 0) is 48.9 Å². The number of carbonyl (C=O) groups is 4. The van der Waals surface area contributed by atoms with Gasteiger partial charge in [0.25, 0.3) is 0 Å². The van der Waals surface area contributed by atoms with Gasteiger partial charge < -0.3 is 9.47 Å². The largest absolute Gasteiger partial charge is 0.465 e. The Balaban J connectivity index is 0.000000593. The molecule has 1 saturated carbocycles. The predicted octanol–water partition coefficient (Wildman–Crippen LogP) is 3.06. The average molecular weight is 368 g/mol. The number of halogens is 2. The second kappa shape index (κ2) is 9.72. The second-order valence-electron chi connectivity index (χ2n) is 5.19. The van der Waals surface area contributed by atoms with Gasteiger partial charge in [0.15, 0.2) is 0 Å². The van der Waals surface area contributed by atoms with Crippen LogP contribution in [0.2, 0.25) is 0 Å². The van der Waals surface area contributed by atoms with E-state index in [1.807, 2.05) is 0 Å². The minimum absolute atomic E-state index is 0.0992. The zero-order valence-electron chi connectivity index (χ0n) is 12.8. The molecule has 0 aromatic rings. The molecular weight excluding hydrogens is 349 g/mol. The molecule has 0 unspecified atom stereocenters. The van der Waals surface area contributed by atoms with Crippen molar-refractivity contribution in [3.05, 3.63) is 0 Å². The van der Waals surface area contributed by atoms with Crippen molar-refractivity contribution in [2.45, 2.75) is 45.1 Å². The van der Waals surface area contributed by atoms with E-state index >= 15 is 0 Å². The lowest BCUT2D eigenvalue weighted by atomic mass is 9.83. The van der Waals surface area contributed by atoms with Gasteiger partial charge in [-0.2, -0.15) is 0 Å². The summed E-state index contributed by atoms with van der Waals surface area (Å²) in [5.41, 5.74) is 0. The number of carbonyl (C=O) groups excluding carboxylic acids is 4. The quantitative estimate of drug-likeness (QED) is 0.430. The van der Waals surface area contributed by atoms with Crippen LogP contribution in [0.4, 0.5) is 9.59 Å². The SMILES string of the molecule is CCOC(=O)CN1C(=O)OC(=O)[C@H]1C1CCCCC1.O=C(Cl)Cl. The fraction of sp³-hybridized carbons (Fsp3) is 0.714. The number of cyclic esters (lactones) is 2. The summed E-state index contributed by atoms with van der Waals surface area (Å²) in [6.45, 7) is 1.74. The van der Waals surface area contributed by atoms with Crippen molar-refractivity contribution < 1.29 is 28.7 Å². The average Bonchev–Trinajstić information content (AvgIpc) is 2.74. The number of hydrogen-bond acceptors (Lipinski definition) is 6. The minimum atomic E-state index is -0.889. The molecule has 130 valence electrons. The number of hydrogen-bond donors (Lipinski definition) is 0. The highest BCUT2D eigenvalue weighted by molar-refractivity contribution is 6.93. The lowest BCUT2D eigenvalue weighted by Crippen LogP contribution is -2.44. The van der Waals surface area contributed by atoms with E-state index in [2.05, 4.69) is 27.9 Å². The maximum Gasteiger partial charge on any atom is 0.418 e. The molecule has 0 bridgehead atoms. The smallest absolute Gasteiger partial charge is 0.418 e. The maximum absolute atomic E-state index is 11.8. The molecule has 2 aliphatic rings. The van der Waals surface area contributed by atoms with Gasteiger partial charge in [-0.1, -0.05) is 19.3 Å². The third-order valence-electron chi connectivity index (χ3n) is 3.70. The van der Waals surface area contributed by atoms with E-state index in [0.717, 1.165) is 32.1 Å². The molecule has 0 N–H and O–H groups in total. The fourth-order valence-corrected chi connectivity index (χ4v) is 2.85. The highest BCUT2D eigenvalue weighted by Crippen LogP contribution is 2.32. The molecule has 0 spiro atoms. The van der Waals surface area contributed by atoms with Crippen molar-refractivity contribution in [3.8, 4) is 0 Å². The van der Waals surface area contributed by atoms with Crippen LogP contribution in [0.15, 0.2) is 0 Å². The van der Waals surface area contributed by atoms with Crippen LogP contribution in [0.1, 0.15) is 39.0 Å². The molecule has 1 heterocycles. The van der Waals surface area contributed by atoms with Crippen LogP contribution in [-0.4, -0.2) is 46.8 Å². The lowest BCUT2D eigenvalue weighted by molar-refractivity contribution is -0.144. The number of rotatable bonds is 4. The monoisotopic (exact) mass is 367 g/mol. The van der Waals surface area contributed by atoms with Crippen LogP contribution in [0.3, 0.4) is 0 Å². The summed E-state index contributed by atoms with van der Waals surface area (Å²) < 4.78 is 8.59. The molecule has 7 nitrogen and oxygen atoms in total. The summed E-state index contributed by atoms with van der Waals surface area (Å²) in [6.07, 6.45) is 4.32. The Morgan fingerprint density at radius 2 is 1.78 bits per heavy atom. The molecule has 2 fully saturated rings. The van der Waals surface area contributed by atoms with E-state index in [-0.39, 0.29) is 19.1 Å². The van der Waals surface area contributed by atoms with Crippen molar-refractivity contribution in [1.29, 1.82) is 0 Å². The van der Waals surface area contributed by atoms with Gasteiger partial charge in [0, 0.05) is 0 Å². The van der Waals surface area contributed by atoms with Gasteiger partial charge in [-0.25, -0.2) is 9.59 Å². The van der Waals surface area contributed by atoms with Crippen LogP contribution in [-0.2, 0) is 19.1 Å². The molecule has 1 amide bonds. The van der Waals surface area contributed by atoms with Gasteiger partial charge in [-0.3, -0.25) is 14.5 Å². The summed E-state index contributed by atoms with van der Waals surface area (Å²) in [4.78, 5) is 45.1. The molecule has 1 aliphatic heterocycles. The first kappa shape index (κ1) is 19.7. The molecule has 9 heteroatoms. The molecule has 23 heavy (non-hydrogen) atoms. The highest BCUT2D eigenvalue weighted by Gasteiger charge is 2.46. The van der Waals surface area contributed by atoms with E-state index in [1.54, 1.807) is 6.92 Å². The van der Waals surface area contributed by atoms with Crippen molar-refractivity contribution in [1.82, 2.24) is 4.90 Å². The molecule has 2 rings (SSSR count). The number of ether oxygens (including phenoxy) is 2. The van der Waals surface area contributed by atoms with Crippen LogP contribution in [0.25, 0.3) is 0 Å². The Bertz CT molecular complexity index is 460. The Labute approximate surface area is 144 Å². The first-order chi connectivity index (χ1) is 10.9. The van der Waals surface area contributed by atoms with E-state index in [1.165, 1.54) is 4.90 Å². The molecule has 1 aliphatic carbocycles. The van der Waals surface area contributed by atoms with E-state index < -0.39 is 28.8 Å². The maximum atomic E-state index is 11.8. The molecule has 1 atom stereocenters. The predicted molar refractivity (Wildman–Crippen MR) is 82.3 cm³/mol. The minimum Gasteiger partial charge on any atom is -0.465 e. The molecule has 0 radical (unpaired) electrons. The van der Waals surface area contributed by atoms with Crippen LogP contribution in [0.5, 0.6) is 0 Å². The van der Waals surface area contributed by atoms with E-state index in [9.17, 15) is 14.4 Å². The first-order valence-electron chi connectivity index (χ1n) is 7.39. The summed E-state index contributed by atoms with van der Waals surface area (Å²) in [7, 11) is 0. The Kier molecular flexibility index (Phi) is 8.33. The first-order valence-corrected chi connectivity index (χ1v) is 8.15. The van der Waals surface area contributed by atoms with E-state index in [0.29, 0.717) is 0 Å². The van der Waals surface area contributed by atoms with Crippen molar-refractivity contribution in [2.75, 3.05) is 13.2 Å².